The van der Waals surface area contributed by atoms with E-state index < -0.39 is 11.8 Å². The molecule has 23 heavy (non-hydrogen) atoms. The Labute approximate surface area is 142 Å². The van der Waals surface area contributed by atoms with Crippen molar-refractivity contribution in [3.63, 3.8) is 0 Å². The molecule has 0 saturated carbocycles. The Balaban J connectivity index is 2.19. The third-order valence-electron chi connectivity index (χ3n) is 2.97. The van der Waals surface area contributed by atoms with Gasteiger partial charge in [-0.1, -0.05) is 41.4 Å². The van der Waals surface area contributed by atoms with Crippen molar-refractivity contribution in [3.8, 4) is 0 Å². The van der Waals surface area contributed by atoms with Crippen LogP contribution in [0.4, 0.5) is 0 Å². The molecule has 1 aromatic heterocycles. The van der Waals surface area contributed by atoms with E-state index in [1.807, 2.05) is 23.6 Å². The van der Waals surface area contributed by atoms with Crippen LogP contribution < -0.4 is 11.2 Å². The van der Waals surface area contributed by atoms with Crippen LogP contribution in [0.2, 0.25) is 10.2 Å². The topological polar surface area (TPSA) is 102 Å². The fraction of sp³-hybridized carbons (Fsp3) is 0.143. The summed E-state index contributed by atoms with van der Waals surface area (Å²) in [6, 6.07) is 7.36. The Bertz CT molecular complexity index is 785. The average molecular weight is 354 g/mol. The number of hydrogen-bond acceptors (Lipinski definition) is 4. The largest absolute Gasteiger partial charge is 0.361 e. The van der Waals surface area contributed by atoms with Gasteiger partial charge >= 0.3 is 11.8 Å². The molecule has 0 saturated heterocycles. The van der Waals surface area contributed by atoms with E-state index in [2.05, 4.69) is 10.2 Å². The minimum atomic E-state index is -1.13. The van der Waals surface area contributed by atoms with Crippen LogP contribution in [0, 0.1) is 6.92 Å². The number of nitrogens with one attached hydrogen (secondary N) is 1. The van der Waals surface area contributed by atoms with E-state index in [9.17, 15) is 9.59 Å². The van der Waals surface area contributed by atoms with E-state index in [1.165, 1.54) is 6.21 Å². The highest BCUT2D eigenvalue weighted by molar-refractivity contribution is 6.34. The predicted octanol–water partition coefficient (Wildman–Crippen LogP) is 1.48. The van der Waals surface area contributed by atoms with Crippen LogP contribution in [0.3, 0.4) is 0 Å². The van der Waals surface area contributed by atoms with Crippen LogP contribution >= 0.6 is 23.2 Å². The van der Waals surface area contributed by atoms with Crippen LogP contribution in [0.1, 0.15) is 16.8 Å². The van der Waals surface area contributed by atoms with Crippen molar-refractivity contribution in [2.45, 2.75) is 13.5 Å². The van der Waals surface area contributed by atoms with Crippen molar-refractivity contribution in [2.24, 2.45) is 10.8 Å². The van der Waals surface area contributed by atoms with Crippen LogP contribution in [-0.2, 0) is 16.1 Å². The van der Waals surface area contributed by atoms with Crippen molar-refractivity contribution < 1.29 is 9.59 Å². The summed E-state index contributed by atoms with van der Waals surface area (Å²) in [7, 11) is 0. The van der Waals surface area contributed by atoms with Crippen LogP contribution in [0.15, 0.2) is 29.4 Å². The number of nitrogens with two attached hydrogens (primary N) is 1. The molecule has 2 rings (SSSR count). The van der Waals surface area contributed by atoms with Gasteiger partial charge in [0.2, 0.25) is 0 Å². The molecule has 0 fully saturated rings. The summed E-state index contributed by atoms with van der Waals surface area (Å²) in [6.45, 7) is 2.13. The first kappa shape index (κ1) is 17.0. The van der Waals surface area contributed by atoms with E-state index >= 15 is 0 Å². The van der Waals surface area contributed by atoms with Gasteiger partial charge in [-0.2, -0.15) is 10.2 Å². The number of hydrogen-bond donors (Lipinski definition) is 2. The average Bonchev–Trinajstić information content (AvgIpc) is 2.76. The fourth-order valence-corrected chi connectivity index (χ4v) is 2.30. The van der Waals surface area contributed by atoms with E-state index in [-0.39, 0.29) is 0 Å². The number of primary amides is 1. The molecule has 0 atom stereocenters. The lowest BCUT2D eigenvalue weighted by Crippen LogP contribution is -2.32. The van der Waals surface area contributed by atoms with Crippen LogP contribution in [0.5, 0.6) is 0 Å². The highest BCUT2D eigenvalue weighted by atomic mass is 35.5. The number of rotatable bonds is 4. The molecule has 1 aromatic carbocycles. The number of aromatic nitrogens is 2. The Kier molecular flexibility index (Phi) is 5.36. The summed E-state index contributed by atoms with van der Waals surface area (Å²) >= 11 is 12.4. The number of halogens is 2. The van der Waals surface area contributed by atoms with Crippen LogP contribution in [-0.4, -0.2) is 27.8 Å². The molecule has 0 radical (unpaired) electrons. The van der Waals surface area contributed by atoms with E-state index in [1.54, 1.807) is 17.7 Å². The molecule has 120 valence electrons. The zero-order valence-corrected chi connectivity index (χ0v) is 13.6. The molecule has 7 nitrogen and oxygen atoms in total. The molecule has 1 heterocycles. The summed E-state index contributed by atoms with van der Waals surface area (Å²) in [5.74, 6) is -2.14. The second-order valence-corrected chi connectivity index (χ2v) is 5.37. The maximum atomic E-state index is 11.0. The summed E-state index contributed by atoms with van der Waals surface area (Å²) in [5.41, 5.74) is 8.78. The number of nitrogens with zero attached hydrogens (tertiary/aromatic N) is 3. The molecule has 2 aromatic rings. The first-order chi connectivity index (χ1) is 10.9. The first-order valence-corrected chi connectivity index (χ1v) is 7.25. The zero-order valence-electron chi connectivity index (χ0n) is 12.1. The van der Waals surface area contributed by atoms with E-state index in [0.717, 1.165) is 5.56 Å². The lowest BCUT2D eigenvalue weighted by atomic mass is 10.2. The summed E-state index contributed by atoms with van der Waals surface area (Å²) in [4.78, 5) is 21.6. The molecule has 0 bridgehead atoms. The molecular formula is C14H13Cl2N5O2. The number of benzene rings is 1. The van der Waals surface area contributed by atoms with Gasteiger partial charge in [0.15, 0.2) is 0 Å². The van der Waals surface area contributed by atoms with Gasteiger partial charge in [-0.3, -0.25) is 9.59 Å². The Hall–Kier alpha value is -2.38. The lowest BCUT2D eigenvalue weighted by molar-refractivity contribution is -0.137. The molecular weight excluding hydrogens is 341 g/mol. The van der Waals surface area contributed by atoms with Gasteiger partial charge < -0.3 is 5.73 Å². The van der Waals surface area contributed by atoms with Gasteiger partial charge in [0.05, 0.1) is 24.0 Å². The van der Waals surface area contributed by atoms with Crippen molar-refractivity contribution in [1.29, 1.82) is 0 Å². The lowest BCUT2D eigenvalue weighted by Gasteiger charge is -2.05. The van der Waals surface area contributed by atoms with Gasteiger partial charge in [-0.15, -0.1) is 0 Å². The normalized spacial score (nSPS) is 10.9. The summed E-state index contributed by atoms with van der Waals surface area (Å²) in [5, 5.41) is 8.89. The van der Waals surface area contributed by atoms with Crippen molar-refractivity contribution in [1.82, 2.24) is 15.2 Å². The van der Waals surface area contributed by atoms with Gasteiger partial charge in [0.1, 0.15) is 5.15 Å². The fourth-order valence-electron chi connectivity index (χ4n) is 1.82. The number of hydrazone groups is 1. The highest BCUT2D eigenvalue weighted by Crippen LogP contribution is 2.22. The molecule has 0 unspecified atom stereocenters. The number of carbonyl (C=O) groups excluding carboxylic acids is 2. The zero-order chi connectivity index (χ0) is 17.0. The quantitative estimate of drug-likeness (QED) is 0.494. The van der Waals surface area contributed by atoms with Crippen LogP contribution in [0.25, 0.3) is 0 Å². The SMILES string of the molecule is Cc1nn(Cc2ccccc2Cl)c(Cl)c1/C=N\NC(=O)C(N)=O. The first-order valence-electron chi connectivity index (χ1n) is 6.49. The Morgan fingerprint density at radius 3 is 2.74 bits per heavy atom. The number of carbonyl (C=O) groups is 2. The maximum absolute atomic E-state index is 11.0. The van der Waals surface area contributed by atoms with Crippen molar-refractivity contribution >= 4 is 41.2 Å². The Morgan fingerprint density at radius 1 is 1.39 bits per heavy atom. The van der Waals surface area contributed by atoms with Gasteiger partial charge in [0.25, 0.3) is 0 Å². The predicted molar refractivity (Wildman–Crippen MR) is 87.5 cm³/mol. The third-order valence-corrected chi connectivity index (χ3v) is 3.74. The highest BCUT2D eigenvalue weighted by Gasteiger charge is 2.13. The van der Waals surface area contributed by atoms with Crippen molar-refractivity contribution in [2.75, 3.05) is 0 Å². The molecule has 9 heteroatoms. The molecule has 3 N–H and O–H groups in total. The smallest absolute Gasteiger partial charge is 0.329 e. The van der Waals surface area contributed by atoms with E-state index in [0.29, 0.717) is 28.0 Å². The standard InChI is InChI=1S/C14H13Cl2N5O2/c1-8-10(6-18-19-14(23)13(17)22)12(16)21(20-8)7-9-4-2-3-5-11(9)15/h2-6H,7H2,1H3,(H2,17,22)(H,19,23)/b18-6-. The molecule has 0 aliphatic heterocycles. The minimum absolute atomic E-state index is 0.333. The summed E-state index contributed by atoms with van der Waals surface area (Å²) in [6.07, 6.45) is 1.30. The number of aryl methyl sites for hydroxylation is 1. The molecule has 2 amide bonds. The minimum Gasteiger partial charge on any atom is -0.361 e. The monoisotopic (exact) mass is 353 g/mol. The van der Waals surface area contributed by atoms with E-state index in [4.69, 9.17) is 28.9 Å². The van der Waals surface area contributed by atoms with Gasteiger partial charge in [-0.05, 0) is 18.6 Å². The van der Waals surface area contributed by atoms with Crippen molar-refractivity contribution in [3.05, 3.63) is 51.3 Å². The Morgan fingerprint density at radius 2 is 2.09 bits per heavy atom. The van der Waals surface area contributed by atoms with Gasteiger partial charge in [-0.25, -0.2) is 10.1 Å². The summed E-state index contributed by atoms with van der Waals surface area (Å²) < 4.78 is 1.56. The molecule has 0 aliphatic rings. The second-order valence-electron chi connectivity index (χ2n) is 4.60. The maximum Gasteiger partial charge on any atom is 0.329 e. The molecule has 0 spiro atoms. The number of amides is 2. The third kappa shape index (κ3) is 4.08. The molecule has 0 aliphatic carbocycles. The van der Waals surface area contributed by atoms with Gasteiger partial charge in [0, 0.05) is 5.02 Å². The second kappa shape index (κ2) is 7.26.